The van der Waals surface area contributed by atoms with Crippen LogP contribution in [0.15, 0.2) is 30.3 Å². The minimum atomic E-state index is -1.25. The molecule has 25 heavy (non-hydrogen) atoms. The van der Waals surface area contributed by atoms with Crippen LogP contribution in [-0.4, -0.2) is 34.3 Å². The highest BCUT2D eigenvalue weighted by molar-refractivity contribution is 6.30. The molecule has 128 valence electrons. The van der Waals surface area contributed by atoms with Crippen molar-refractivity contribution in [2.45, 2.75) is 13.8 Å². The van der Waals surface area contributed by atoms with E-state index < -0.39 is 24.3 Å². The molecule has 0 unspecified atom stereocenters. The van der Waals surface area contributed by atoms with E-state index in [1.807, 2.05) is 13.8 Å². The van der Waals surface area contributed by atoms with Crippen LogP contribution in [0, 0.1) is 13.8 Å². The predicted molar refractivity (Wildman–Crippen MR) is 90.4 cm³/mol. The lowest BCUT2D eigenvalue weighted by atomic mass is 10.1. The van der Waals surface area contributed by atoms with Crippen LogP contribution >= 0.6 is 11.6 Å². The Labute approximate surface area is 148 Å². The highest BCUT2D eigenvalue weighted by atomic mass is 35.5. The lowest BCUT2D eigenvalue weighted by molar-refractivity contribution is -0.137. The summed E-state index contributed by atoms with van der Waals surface area (Å²) < 4.78 is 5.86. The number of carboxylic acids is 1. The van der Waals surface area contributed by atoms with Crippen molar-refractivity contribution in [3.8, 4) is 11.5 Å². The highest BCUT2D eigenvalue weighted by Gasteiger charge is 2.37. The fourth-order valence-corrected chi connectivity index (χ4v) is 3.12. The maximum Gasteiger partial charge on any atom is 0.323 e. The Bertz CT molecular complexity index is 899. The fourth-order valence-electron chi connectivity index (χ4n) is 2.79. The third-order valence-corrected chi connectivity index (χ3v) is 4.10. The number of halogens is 1. The number of aryl methyl sites for hydroxylation is 2. The van der Waals surface area contributed by atoms with Gasteiger partial charge in [-0.1, -0.05) is 11.6 Å². The van der Waals surface area contributed by atoms with Gasteiger partial charge in [-0.15, -0.1) is 0 Å². The number of carbonyl (C=O) groups excluding carboxylic acids is 2. The molecule has 0 aliphatic carbocycles. The Morgan fingerprint density at radius 2 is 1.68 bits per heavy atom. The Balaban J connectivity index is 1.94. The fraction of sp³-hybridized carbons (Fsp3) is 0.167. The molecule has 0 saturated carbocycles. The van der Waals surface area contributed by atoms with Gasteiger partial charge in [0.25, 0.3) is 11.8 Å². The van der Waals surface area contributed by atoms with E-state index in [0.717, 1.165) is 11.1 Å². The van der Waals surface area contributed by atoms with E-state index in [-0.39, 0.29) is 11.1 Å². The lowest BCUT2D eigenvalue weighted by Crippen LogP contribution is -2.34. The van der Waals surface area contributed by atoms with Crippen molar-refractivity contribution in [3.63, 3.8) is 0 Å². The normalized spacial score (nSPS) is 13.2. The second-order valence-corrected chi connectivity index (χ2v) is 6.20. The van der Waals surface area contributed by atoms with Crippen molar-refractivity contribution in [1.82, 2.24) is 4.90 Å². The number of nitrogens with zero attached hydrogens (tertiary/aromatic N) is 1. The van der Waals surface area contributed by atoms with Gasteiger partial charge < -0.3 is 9.84 Å². The summed E-state index contributed by atoms with van der Waals surface area (Å²) in [5, 5.41) is 9.44. The summed E-state index contributed by atoms with van der Waals surface area (Å²) in [5.41, 5.74) is 1.97. The van der Waals surface area contributed by atoms with Crippen molar-refractivity contribution >= 4 is 29.4 Å². The molecule has 7 heteroatoms. The third kappa shape index (κ3) is 3.08. The van der Waals surface area contributed by atoms with E-state index >= 15 is 0 Å². The zero-order chi connectivity index (χ0) is 18.3. The molecule has 6 nitrogen and oxygen atoms in total. The van der Waals surface area contributed by atoms with Crippen molar-refractivity contribution in [1.29, 1.82) is 0 Å². The first-order valence-corrected chi connectivity index (χ1v) is 7.82. The minimum Gasteiger partial charge on any atom is -0.480 e. The standard InChI is InChI=1S/C18H14ClNO5/c1-9-5-11(19)6-10(2)16(9)25-12-3-4-13-14(7-12)18(24)20(17(13)23)8-15(21)22/h3-7H,8H2,1-2H3,(H,21,22). The summed E-state index contributed by atoms with van der Waals surface area (Å²) in [6.45, 7) is 3.04. The first kappa shape index (κ1) is 17.0. The summed E-state index contributed by atoms with van der Waals surface area (Å²) >= 11 is 6.00. The number of hydrogen-bond donors (Lipinski definition) is 1. The maximum absolute atomic E-state index is 12.3. The molecule has 1 heterocycles. The second kappa shape index (κ2) is 6.22. The molecule has 2 aromatic rings. The van der Waals surface area contributed by atoms with Gasteiger partial charge in [0.1, 0.15) is 18.0 Å². The zero-order valence-corrected chi connectivity index (χ0v) is 14.3. The summed E-state index contributed by atoms with van der Waals surface area (Å²) in [7, 11) is 0. The molecule has 0 atom stereocenters. The average molecular weight is 360 g/mol. The molecule has 0 radical (unpaired) electrons. The molecule has 2 aromatic carbocycles. The molecule has 0 bridgehead atoms. The largest absolute Gasteiger partial charge is 0.480 e. The number of hydrogen-bond acceptors (Lipinski definition) is 4. The highest BCUT2D eigenvalue weighted by Crippen LogP contribution is 2.33. The molecule has 2 amide bonds. The molecular weight excluding hydrogens is 346 g/mol. The lowest BCUT2D eigenvalue weighted by Gasteiger charge is -2.12. The van der Waals surface area contributed by atoms with Gasteiger partial charge >= 0.3 is 5.97 Å². The summed E-state index contributed by atoms with van der Waals surface area (Å²) in [4.78, 5) is 36.0. The molecule has 1 N–H and O–H groups in total. The monoisotopic (exact) mass is 359 g/mol. The molecule has 1 aliphatic heterocycles. The van der Waals surface area contributed by atoms with Crippen LogP contribution in [0.5, 0.6) is 11.5 Å². The summed E-state index contributed by atoms with van der Waals surface area (Å²) in [6.07, 6.45) is 0. The van der Waals surface area contributed by atoms with Crippen molar-refractivity contribution in [3.05, 3.63) is 57.6 Å². The van der Waals surface area contributed by atoms with E-state index in [2.05, 4.69) is 0 Å². The first-order chi connectivity index (χ1) is 11.8. The van der Waals surface area contributed by atoms with Crippen LogP contribution in [0.1, 0.15) is 31.8 Å². The quantitative estimate of drug-likeness (QED) is 0.845. The smallest absolute Gasteiger partial charge is 0.323 e. The third-order valence-electron chi connectivity index (χ3n) is 3.88. The van der Waals surface area contributed by atoms with Crippen molar-refractivity contribution in [2.24, 2.45) is 0 Å². The predicted octanol–water partition coefficient (Wildman–Crippen LogP) is 3.43. The van der Waals surface area contributed by atoms with Crippen LogP contribution in [-0.2, 0) is 4.79 Å². The van der Waals surface area contributed by atoms with E-state index in [1.165, 1.54) is 12.1 Å². The number of amides is 2. The number of imide groups is 1. The van der Waals surface area contributed by atoms with Gasteiger partial charge in [-0.05, 0) is 55.3 Å². The minimum absolute atomic E-state index is 0.132. The second-order valence-electron chi connectivity index (χ2n) is 5.77. The number of rotatable bonds is 4. The molecule has 0 spiro atoms. The number of ether oxygens (including phenoxy) is 1. The molecule has 0 saturated heterocycles. The Morgan fingerprint density at radius 3 is 2.28 bits per heavy atom. The van der Waals surface area contributed by atoms with Gasteiger partial charge in [-0.2, -0.15) is 0 Å². The van der Waals surface area contributed by atoms with Gasteiger partial charge in [0.2, 0.25) is 0 Å². The van der Waals surface area contributed by atoms with Gasteiger partial charge in [0.15, 0.2) is 0 Å². The molecule has 0 fully saturated rings. The Hall–Kier alpha value is -2.86. The van der Waals surface area contributed by atoms with Crippen LogP contribution in [0.2, 0.25) is 5.02 Å². The number of fused-ring (bicyclic) bond motifs is 1. The van der Waals surface area contributed by atoms with Crippen LogP contribution < -0.4 is 4.74 Å². The van der Waals surface area contributed by atoms with Crippen molar-refractivity contribution in [2.75, 3.05) is 6.54 Å². The number of carboxylic acid groups (broad SMARTS) is 1. The van der Waals surface area contributed by atoms with Gasteiger partial charge in [-0.3, -0.25) is 19.3 Å². The summed E-state index contributed by atoms with van der Waals surface area (Å²) in [6, 6.07) is 8.01. The molecule has 1 aliphatic rings. The number of aliphatic carboxylic acids is 1. The van der Waals surface area contributed by atoms with E-state index in [1.54, 1.807) is 18.2 Å². The van der Waals surface area contributed by atoms with E-state index in [0.29, 0.717) is 21.4 Å². The Kier molecular flexibility index (Phi) is 4.22. The molecule has 3 rings (SSSR count). The average Bonchev–Trinajstić information content (AvgIpc) is 2.75. The van der Waals surface area contributed by atoms with Crippen molar-refractivity contribution < 1.29 is 24.2 Å². The topological polar surface area (TPSA) is 83.9 Å². The molecular formula is C18H14ClNO5. The van der Waals surface area contributed by atoms with Gasteiger partial charge in [0.05, 0.1) is 11.1 Å². The van der Waals surface area contributed by atoms with E-state index in [9.17, 15) is 14.4 Å². The number of carbonyl (C=O) groups is 3. The molecule has 0 aromatic heterocycles. The van der Waals surface area contributed by atoms with Crippen LogP contribution in [0.4, 0.5) is 0 Å². The van der Waals surface area contributed by atoms with Gasteiger partial charge in [-0.25, -0.2) is 0 Å². The SMILES string of the molecule is Cc1cc(Cl)cc(C)c1Oc1ccc2c(c1)C(=O)N(CC(=O)O)C2=O. The first-order valence-electron chi connectivity index (χ1n) is 7.44. The summed E-state index contributed by atoms with van der Waals surface area (Å²) in [5.74, 6) is -1.52. The van der Waals surface area contributed by atoms with E-state index in [4.69, 9.17) is 21.4 Å². The Morgan fingerprint density at radius 1 is 1.08 bits per heavy atom. The zero-order valence-electron chi connectivity index (χ0n) is 13.5. The van der Waals surface area contributed by atoms with Crippen LogP contribution in [0.3, 0.4) is 0 Å². The number of benzene rings is 2. The van der Waals surface area contributed by atoms with Crippen LogP contribution in [0.25, 0.3) is 0 Å². The van der Waals surface area contributed by atoms with Gasteiger partial charge in [0, 0.05) is 5.02 Å². The maximum atomic E-state index is 12.3.